The molecule has 1 aliphatic carbocycles. The first-order chi connectivity index (χ1) is 9.20. The van der Waals surface area contributed by atoms with Gasteiger partial charge in [0.1, 0.15) is 0 Å². The molecule has 3 heteroatoms. The van der Waals surface area contributed by atoms with Gasteiger partial charge in [0.15, 0.2) is 0 Å². The van der Waals surface area contributed by atoms with Crippen molar-refractivity contribution in [2.24, 2.45) is 5.92 Å². The van der Waals surface area contributed by atoms with Crippen LogP contribution in [0.5, 0.6) is 0 Å². The largest absolute Gasteiger partial charge is 0.314 e. The lowest BCUT2D eigenvalue weighted by Gasteiger charge is -2.43. The molecule has 1 saturated carbocycles. The average molecular weight is 274 g/mol. The summed E-state index contributed by atoms with van der Waals surface area (Å²) in [6.07, 6.45) is 4.04. The lowest BCUT2D eigenvalue weighted by molar-refractivity contribution is 0.222. The summed E-state index contributed by atoms with van der Waals surface area (Å²) in [7, 11) is 0. The predicted molar refractivity (Wildman–Crippen MR) is 82.3 cm³/mol. The van der Waals surface area contributed by atoms with Crippen molar-refractivity contribution in [3.8, 4) is 6.07 Å². The Morgan fingerprint density at radius 1 is 1.42 bits per heavy atom. The van der Waals surface area contributed by atoms with Crippen LogP contribution in [0, 0.1) is 17.2 Å². The molecule has 2 rings (SSSR count). The van der Waals surface area contributed by atoms with Crippen molar-refractivity contribution in [1.29, 1.82) is 5.26 Å². The predicted octanol–water partition coefficient (Wildman–Crippen LogP) is 3.20. The van der Waals surface area contributed by atoms with E-state index in [4.69, 9.17) is 0 Å². The summed E-state index contributed by atoms with van der Waals surface area (Å²) in [6, 6.07) is 13.2. The molecular weight excluding hydrogens is 252 g/mol. The fourth-order valence-electron chi connectivity index (χ4n) is 2.79. The fraction of sp³-hybridized carbons (Fsp3) is 0.562. The van der Waals surface area contributed by atoms with Crippen LogP contribution in [0.15, 0.2) is 30.3 Å². The first-order valence-corrected chi connectivity index (χ1v) is 8.28. The number of thioether (sulfide) groups is 1. The molecule has 0 aromatic heterocycles. The molecule has 19 heavy (non-hydrogen) atoms. The molecule has 1 N–H and O–H groups in total. The highest BCUT2D eigenvalue weighted by Gasteiger charge is 2.45. The van der Waals surface area contributed by atoms with Crippen molar-refractivity contribution in [2.75, 3.05) is 18.6 Å². The number of rotatable bonds is 6. The maximum Gasteiger partial charge on any atom is 0.0852 e. The van der Waals surface area contributed by atoms with Crippen LogP contribution < -0.4 is 5.32 Å². The second-order valence-corrected chi connectivity index (χ2v) is 6.54. The fourth-order valence-corrected chi connectivity index (χ4v) is 3.47. The summed E-state index contributed by atoms with van der Waals surface area (Å²) in [6.45, 7) is 3.33. The Bertz CT molecular complexity index is 432. The zero-order valence-electron chi connectivity index (χ0n) is 11.7. The molecule has 0 bridgehead atoms. The number of nitriles is 1. The molecular formula is C16H22N2S. The number of hydrogen-bond donors (Lipinski definition) is 1. The molecule has 0 saturated heterocycles. The van der Waals surface area contributed by atoms with E-state index >= 15 is 0 Å². The Kier molecular flexibility index (Phi) is 4.90. The van der Waals surface area contributed by atoms with Gasteiger partial charge in [0.05, 0.1) is 11.5 Å². The van der Waals surface area contributed by atoms with Crippen molar-refractivity contribution in [3.05, 3.63) is 35.9 Å². The second-order valence-electron chi connectivity index (χ2n) is 5.63. The van der Waals surface area contributed by atoms with E-state index in [0.717, 1.165) is 19.4 Å². The van der Waals surface area contributed by atoms with E-state index in [0.29, 0.717) is 12.0 Å². The van der Waals surface area contributed by atoms with Crippen molar-refractivity contribution >= 4 is 11.8 Å². The van der Waals surface area contributed by atoms with Gasteiger partial charge >= 0.3 is 0 Å². The maximum absolute atomic E-state index is 9.49. The van der Waals surface area contributed by atoms with Crippen LogP contribution in [-0.2, 0) is 5.41 Å². The molecule has 102 valence electrons. The smallest absolute Gasteiger partial charge is 0.0852 e. The molecule has 1 unspecified atom stereocenters. The minimum Gasteiger partial charge on any atom is -0.314 e. The van der Waals surface area contributed by atoms with Gasteiger partial charge in [0.2, 0.25) is 0 Å². The summed E-state index contributed by atoms with van der Waals surface area (Å²) in [5, 5.41) is 13.1. The Morgan fingerprint density at radius 3 is 2.68 bits per heavy atom. The average Bonchev–Trinajstić information content (AvgIpc) is 2.39. The van der Waals surface area contributed by atoms with E-state index in [9.17, 15) is 5.26 Å². The Balaban J connectivity index is 1.85. The zero-order valence-corrected chi connectivity index (χ0v) is 12.5. The maximum atomic E-state index is 9.49. The minimum atomic E-state index is -0.248. The summed E-state index contributed by atoms with van der Waals surface area (Å²) >= 11 is 1.90. The quantitative estimate of drug-likeness (QED) is 0.865. The van der Waals surface area contributed by atoms with Gasteiger partial charge in [-0.05, 0) is 42.9 Å². The molecule has 0 spiro atoms. The summed E-state index contributed by atoms with van der Waals surface area (Å²) in [4.78, 5) is 0. The highest BCUT2D eigenvalue weighted by Crippen LogP contribution is 2.43. The van der Waals surface area contributed by atoms with E-state index in [1.54, 1.807) is 0 Å². The van der Waals surface area contributed by atoms with E-state index in [-0.39, 0.29) is 5.41 Å². The highest BCUT2D eigenvalue weighted by molar-refractivity contribution is 7.98. The monoisotopic (exact) mass is 274 g/mol. The van der Waals surface area contributed by atoms with Crippen molar-refractivity contribution in [1.82, 2.24) is 5.32 Å². The number of benzene rings is 1. The van der Waals surface area contributed by atoms with E-state index in [1.807, 2.05) is 30.0 Å². The van der Waals surface area contributed by atoms with Gasteiger partial charge in [-0.25, -0.2) is 0 Å². The van der Waals surface area contributed by atoms with Gasteiger partial charge in [-0.15, -0.1) is 0 Å². The summed E-state index contributed by atoms with van der Waals surface area (Å²) in [5.74, 6) is 1.89. The Morgan fingerprint density at radius 2 is 2.11 bits per heavy atom. The van der Waals surface area contributed by atoms with Crippen LogP contribution in [0.2, 0.25) is 0 Å². The van der Waals surface area contributed by atoms with Gasteiger partial charge in [-0.3, -0.25) is 0 Å². The van der Waals surface area contributed by atoms with Crippen LogP contribution in [-0.4, -0.2) is 24.6 Å². The standard InChI is InChI=1S/C16H22N2S/c1-13(11-19-2)10-18-15-8-16(9-15,12-17)14-6-4-3-5-7-14/h3-7,13,15,18H,8-11H2,1-2H3. The zero-order chi connectivity index (χ0) is 13.7. The topological polar surface area (TPSA) is 35.8 Å². The normalized spacial score (nSPS) is 27.3. The van der Waals surface area contributed by atoms with Gasteiger partial charge in [0.25, 0.3) is 0 Å². The van der Waals surface area contributed by atoms with Crippen molar-refractivity contribution in [2.45, 2.75) is 31.2 Å². The van der Waals surface area contributed by atoms with Crippen LogP contribution >= 0.6 is 11.8 Å². The minimum absolute atomic E-state index is 0.248. The third-order valence-corrected chi connectivity index (χ3v) is 4.84. The van der Waals surface area contributed by atoms with Gasteiger partial charge < -0.3 is 5.32 Å². The van der Waals surface area contributed by atoms with Crippen LogP contribution in [0.3, 0.4) is 0 Å². The molecule has 0 radical (unpaired) electrons. The number of nitrogens with one attached hydrogen (secondary N) is 1. The first-order valence-electron chi connectivity index (χ1n) is 6.89. The van der Waals surface area contributed by atoms with Crippen LogP contribution in [0.25, 0.3) is 0 Å². The molecule has 1 fully saturated rings. The molecule has 0 amide bonds. The lowest BCUT2D eigenvalue weighted by Crippen LogP contribution is -2.51. The SMILES string of the molecule is CSCC(C)CNC1CC(C#N)(c2ccccc2)C1. The second kappa shape index (κ2) is 6.45. The molecule has 1 atom stereocenters. The van der Waals surface area contributed by atoms with Crippen molar-refractivity contribution in [3.63, 3.8) is 0 Å². The number of nitrogens with zero attached hydrogens (tertiary/aromatic N) is 1. The third-order valence-electron chi connectivity index (χ3n) is 3.94. The number of hydrogen-bond acceptors (Lipinski definition) is 3. The summed E-state index contributed by atoms with van der Waals surface area (Å²) < 4.78 is 0. The first kappa shape index (κ1) is 14.4. The molecule has 0 aliphatic heterocycles. The molecule has 2 nitrogen and oxygen atoms in total. The molecule has 1 aromatic rings. The van der Waals surface area contributed by atoms with Crippen LogP contribution in [0.1, 0.15) is 25.3 Å². The van der Waals surface area contributed by atoms with E-state index in [2.05, 4.69) is 36.7 Å². The van der Waals surface area contributed by atoms with E-state index in [1.165, 1.54) is 11.3 Å². The molecule has 1 aliphatic rings. The third kappa shape index (κ3) is 3.32. The molecule has 1 aromatic carbocycles. The van der Waals surface area contributed by atoms with Gasteiger partial charge in [-0.1, -0.05) is 37.3 Å². The van der Waals surface area contributed by atoms with Crippen LogP contribution in [0.4, 0.5) is 0 Å². The lowest BCUT2D eigenvalue weighted by atomic mass is 9.62. The van der Waals surface area contributed by atoms with Crippen molar-refractivity contribution < 1.29 is 0 Å². The Hall–Kier alpha value is -0.980. The van der Waals surface area contributed by atoms with E-state index < -0.39 is 0 Å². The van der Waals surface area contributed by atoms with Gasteiger partial charge in [0, 0.05) is 6.04 Å². The Labute approximate surface area is 120 Å². The van der Waals surface area contributed by atoms with Gasteiger partial charge in [-0.2, -0.15) is 17.0 Å². The highest BCUT2D eigenvalue weighted by atomic mass is 32.2. The molecule has 0 heterocycles. The summed E-state index contributed by atoms with van der Waals surface area (Å²) in [5.41, 5.74) is 0.925.